The number of carbonyl (C=O) groups is 4. The second-order valence-electron chi connectivity index (χ2n) is 7.08. The highest BCUT2D eigenvalue weighted by Crippen LogP contribution is 2.24. The Morgan fingerprint density at radius 2 is 1.93 bits per heavy atom. The molecule has 158 valence electrons. The molecule has 1 saturated carbocycles. The molecule has 0 aromatic heterocycles. The molecule has 0 unspecified atom stereocenters. The van der Waals surface area contributed by atoms with Crippen LogP contribution >= 0.6 is 0 Å². The van der Waals surface area contributed by atoms with Crippen molar-refractivity contribution in [2.45, 2.75) is 50.9 Å². The zero-order valence-corrected chi connectivity index (χ0v) is 16.0. The summed E-state index contributed by atoms with van der Waals surface area (Å²) in [6, 6.07) is 7.88. The maximum absolute atomic E-state index is 12.1. The topological polar surface area (TPSA) is 142 Å². The van der Waals surface area contributed by atoms with Crippen molar-refractivity contribution in [3.63, 3.8) is 0 Å². The monoisotopic (exact) mass is 406 g/mol. The summed E-state index contributed by atoms with van der Waals surface area (Å²) in [6.07, 6.45) is -0.639. The lowest BCUT2D eigenvalue weighted by atomic mass is 9.83. The maximum atomic E-state index is 12.1. The molecule has 1 aliphatic rings. The van der Waals surface area contributed by atoms with Gasteiger partial charge in [0.05, 0.1) is 12.5 Å². The van der Waals surface area contributed by atoms with Gasteiger partial charge in [-0.1, -0.05) is 30.3 Å². The van der Waals surface area contributed by atoms with E-state index in [2.05, 4.69) is 10.6 Å². The van der Waals surface area contributed by atoms with Crippen molar-refractivity contribution in [1.82, 2.24) is 10.6 Å². The first-order valence-corrected chi connectivity index (χ1v) is 9.51. The van der Waals surface area contributed by atoms with Crippen molar-refractivity contribution in [1.29, 1.82) is 0 Å². The summed E-state index contributed by atoms with van der Waals surface area (Å²) in [5.74, 6) is -2.35. The van der Waals surface area contributed by atoms with Gasteiger partial charge in [-0.2, -0.15) is 0 Å². The zero-order chi connectivity index (χ0) is 21.2. The quantitative estimate of drug-likeness (QED) is 0.479. The number of aliphatic carboxylic acids is 1. The molecule has 1 fully saturated rings. The fourth-order valence-corrected chi connectivity index (χ4v) is 3.22. The fourth-order valence-electron chi connectivity index (χ4n) is 3.22. The number of Topliss-reactive ketones (excluding diaryl/α,β-unsaturated/α-hetero) is 1. The van der Waals surface area contributed by atoms with Crippen molar-refractivity contribution in [3.8, 4) is 0 Å². The summed E-state index contributed by atoms with van der Waals surface area (Å²) in [6.45, 7) is -0.148. The van der Waals surface area contributed by atoms with Crippen molar-refractivity contribution in [3.05, 3.63) is 35.9 Å². The molecule has 0 saturated heterocycles. The minimum absolute atomic E-state index is 0.0139. The third kappa shape index (κ3) is 7.90. The molecule has 9 heteroatoms. The molecule has 4 N–H and O–H groups in total. The predicted molar refractivity (Wildman–Crippen MR) is 102 cm³/mol. The Hall–Kier alpha value is -2.94. The van der Waals surface area contributed by atoms with Gasteiger partial charge in [0.1, 0.15) is 18.4 Å². The molecule has 9 nitrogen and oxygen atoms in total. The van der Waals surface area contributed by atoms with Crippen molar-refractivity contribution < 1.29 is 34.1 Å². The minimum Gasteiger partial charge on any atom is -0.480 e. The Labute approximate surface area is 168 Å². The van der Waals surface area contributed by atoms with Crippen LogP contribution in [-0.4, -0.2) is 52.7 Å². The number of hydrogen-bond donors (Lipinski definition) is 4. The lowest BCUT2D eigenvalue weighted by Crippen LogP contribution is -2.48. The van der Waals surface area contributed by atoms with Gasteiger partial charge < -0.3 is 25.6 Å². The number of carboxylic acid groups (broad SMARTS) is 1. The van der Waals surface area contributed by atoms with E-state index in [-0.39, 0.29) is 31.8 Å². The summed E-state index contributed by atoms with van der Waals surface area (Å²) in [4.78, 5) is 46.8. The highest BCUT2D eigenvalue weighted by molar-refractivity contribution is 5.86. The summed E-state index contributed by atoms with van der Waals surface area (Å²) in [5, 5.41) is 24.0. The van der Waals surface area contributed by atoms with Crippen LogP contribution in [0.25, 0.3) is 0 Å². The van der Waals surface area contributed by atoms with Crippen LogP contribution in [-0.2, 0) is 25.7 Å². The molecule has 2 rings (SSSR count). The largest absolute Gasteiger partial charge is 0.480 e. The first kappa shape index (κ1) is 22.4. The number of nitrogens with one attached hydrogen (secondary N) is 2. The second kappa shape index (κ2) is 11.2. The van der Waals surface area contributed by atoms with Crippen LogP contribution in [0.5, 0.6) is 0 Å². The van der Waals surface area contributed by atoms with Gasteiger partial charge in [-0.25, -0.2) is 9.59 Å². The first-order valence-electron chi connectivity index (χ1n) is 9.51. The molecule has 0 heterocycles. The van der Waals surface area contributed by atoms with Gasteiger partial charge in [0.2, 0.25) is 5.91 Å². The smallest absolute Gasteiger partial charge is 0.407 e. The van der Waals surface area contributed by atoms with E-state index in [0.717, 1.165) is 5.56 Å². The van der Waals surface area contributed by atoms with Crippen molar-refractivity contribution in [2.24, 2.45) is 5.92 Å². The zero-order valence-electron chi connectivity index (χ0n) is 16.0. The number of hydrogen-bond acceptors (Lipinski definition) is 6. The number of rotatable bonds is 9. The third-order valence-corrected chi connectivity index (χ3v) is 4.69. The third-order valence-electron chi connectivity index (χ3n) is 4.69. The van der Waals surface area contributed by atoms with E-state index >= 15 is 0 Å². The molecular weight excluding hydrogens is 380 g/mol. The Kier molecular flexibility index (Phi) is 8.60. The number of carboxylic acids is 1. The van der Waals surface area contributed by atoms with E-state index in [4.69, 9.17) is 4.74 Å². The molecular formula is C20H26N2O7. The fraction of sp³-hybridized carbons (Fsp3) is 0.500. The normalized spacial score (nSPS) is 18.4. The number of aliphatic hydroxyl groups is 1. The summed E-state index contributed by atoms with van der Waals surface area (Å²) in [5.41, 5.74) is 0.809. The van der Waals surface area contributed by atoms with E-state index in [1.54, 1.807) is 12.1 Å². The molecule has 0 bridgehead atoms. The Morgan fingerprint density at radius 3 is 2.59 bits per heavy atom. The van der Waals surface area contributed by atoms with Crippen LogP contribution in [0.15, 0.2) is 30.3 Å². The van der Waals surface area contributed by atoms with Gasteiger partial charge in [0.25, 0.3) is 0 Å². The van der Waals surface area contributed by atoms with Gasteiger partial charge in [-0.3, -0.25) is 9.59 Å². The van der Waals surface area contributed by atoms with Crippen molar-refractivity contribution >= 4 is 23.8 Å². The molecule has 2 amide bonds. The number of ketones is 1. The molecule has 1 aromatic rings. The highest BCUT2D eigenvalue weighted by atomic mass is 16.5. The minimum atomic E-state index is -1.21. The molecule has 3 atom stereocenters. The van der Waals surface area contributed by atoms with E-state index in [1.807, 2.05) is 18.2 Å². The number of alkyl carbamates (subject to hydrolysis) is 1. The summed E-state index contributed by atoms with van der Waals surface area (Å²) in [7, 11) is 0. The molecule has 0 aliphatic heterocycles. The van der Waals surface area contributed by atoms with Gasteiger partial charge in [0, 0.05) is 19.4 Å². The van der Waals surface area contributed by atoms with Crippen LogP contribution < -0.4 is 10.6 Å². The van der Waals surface area contributed by atoms with Crippen molar-refractivity contribution in [2.75, 3.05) is 6.54 Å². The van der Waals surface area contributed by atoms with Gasteiger partial charge in [0.15, 0.2) is 0 Å². The Bertz CT molecular complexity index is 723. The van der Waals surface area contributed by atoms with Crippen LogP contribution in [0.2, 0.25) is 0 Å². The molecule has 29 heavy (non-hydrogen) atoms. The number of benzene rings is 1. The number of amides is 2. The first-order chi connectivity index (χ1) is 13.8. The average Bonchev–Trinajstić information content (AvgIpc) is 2.69. The SMILES string of the molecule is O=C1CCC[C@@H]([C@H](NC(=O)C[C@@H](O)CNC(=O)OCc2ccccc2)C(=O)O)C1. The van der Waals surface area contributed by atoms with E-state index in [0.29, 0.717) is 19.3 Å². The van der Waals surface area contributed by atoms with Crippen LogP contribution in [0.3, 0.4) is 0 Å². The lowest BCUT2D eigenvalue weighted by Gasteiger charge is -2.27. The number of aliphatic hydroxyl groups excluding tert-OH is 1. The van der Waals surface area contributed by atoms with Crippen LogP contribution in [0, 0.1) is 5.92 Å². The van der Waals surface area contributed by atoms with Crippen LogP contribution in [0.4, 0.5) is 4.79 Å². The number of ether oxygens (including phenoxy) is 1. The summed E-state index contributed by atoms with van der Waals surface area (Å²) >= 11 is 0. The van der Waals surface area contributed by atoms with E-state index in [1.165, 1.54) is 0 Å². The van der Waals surface area contributed by atoms with Crippen LogP contribution in [0.1, 0.15) is 37.7 Å². The van der Waals surface area contributed by atoms with Gasteiger partial charge >= 0.3 is 12.1 Å². The van der Waals surface area contributed by atoms with E-state index in [9.17, 15) is 29.4 Å². The number of carbonyl (C=O) groups excluding carboxylic acids is 3. The predicted octanol–water partition coefficient (Wildman–Crippen LogP) is 0.992. The molecule has 1 aromatic carbocycles. The van der Waals surface area contributed by atoms with Gasteiger partial charge in [-0.15, -0.1) is 0 Å². The van der Waals surface area contributed by atoms with E-state index < -0.39 is 36.0 Å². The highest BCUT2D eigenvalue weighted by Gasteiger charge is 2.33. The standard InChI is InChI=1S/C20H26N2O7/c23-15-8-4-7-14(9-15)18(19(26)27)22-17(25)10-16(24)11-21-20(28)29-12-13-5-2-1-3-6-13/h1-3,5-6,14,16,18,24H,4,7-12H2,(H,21,28)(H,22,25)(H,26,27)/t14-,16-,18+/m1/s1. The Balaban J connectivity index is 1.72. The second-order valence-corrected chi connectivity index (χ2v) is 7.08. The summed E-state index contributed by atoms with van der Waals surface area (Å²) < 4.78 is 5.00. The lowest BCUT2D eigenvalue weighted by molar-refractivity contribution is -0.144. The molecule has 1 aliphatic carbocycles. The maximum Gasteiger partial charge on any atom is 0.407 e. The van der Waals surface area contributed by atoms with Gasteiger partial charge in [-0.05, 0) is 24.3 Å². The molecule has 0 radical (unpaired) electrons. The Morgan fingerprint density at radius 1 is 1.21 bits per heavy atom. The molecule has 0 spiro atoms. The average molecular weight is 406 g/mol.